The molecule has 0 unspecified atom stereocenters. The van der Waals surface area contributed by atoms with Crippen molar-refractivity contribution in [1.82, 2.24) is 9.78 Å². The molecule has 4 nitrogen and oxygen atoms in total. The Kier molecular flexibility index (Phi) is 3.99. The maximum absolute atomic E-state index is 12.9. The maximum Gasteiger partial charge on any atom is 0.256 e. The zero-order valence-electron chi connectivity index (χ0n) is 11.8. The predicted octanol–water partition coefficient (Wildman–Crippen LogP) is 3.78. The molecule has 1 aromatic heterocycles. The van der Waals surface area contributed by atoms with Gasteiger partial charge in [0.15, 0.2) is 0 Å². The van der Waals surface area contributed by atoms with Crippen LogP contribution < -0.4 is 5.32 Å². The fourth-order valence-electron chi connectivity index (χ4n) is 2.82. The van der Waals surface area contributed by atoms with Crippen LogP contribution in [0.15, 0.2) is 36.5 Å². The Morgan fingerprint density at radius 1 is 1.14 bits per heavy atom. The van der Waals surface area contributed by atoms with Gasteiger partial charge in [-0.25, -0.2) is 9.07 Å². The summed E-state index contributed by atoms with van der Waals surface area (Å²) in [6.45, 7) is 0. The second-order valence-corrected chi connectivity index (χ2v) is 5.41. The summed E-state index contributed by atoms with van der Waals surface area (Å²) in [6.07, 6.45) is 7.58. The van der Waals surface area contributed by atoms with E-state index in [0.717, 1.165) is 12.8 Å². The number of rotatable bonds is 3. The molecule has 0 spiro atoms. The van der Waals surface area contributed by atoms with Crippen LogP contribution in [0.3, 0.4) is 0 Å². The van der Waals surface area contributed by atoms with Crippen molar-refractivity contribution in [1.29, 1.82) is 0 Å². The number of carbonyl (C=O) groups is 1. The van der Waals surface area contributed by atoms with Crippen molar-refractivity contribution in [3.05, 3.63) is 47.9 Å². The van der Waals surface area contributed by atoms with Crippen molar-refractivity contribution in [2.24, 2.45) is 0 Å². The van der Waals surface area contributed by atoms with E-state index >= 15 is 0 Å². The molecule has 1 aliphatic rings. The Balaban J connectivity index is 1.74. The molecule has 21 heavy (non-hydrogen) atoms. The molecule has 0 saturated heterocycles. The fourth-order valence-corrected chi connectivity index (χ4v) is 2.82. The van der Waals surface area contributed by atoms with E-state index in [1.54, 1.807) is 12.3 Å². The van der Waals surface area contributed by atoms with Crippen LogP contribution in [0.5, 0.6) is 0 Å². The summed E-state index contributed by atoms with van der Waals surface area (Å²) in [5.41, 5.74) is 0.438. The van der Waals surface area contributed by atoms with E-state index in [9.17, 15) is 9.18 Å². The molecule has 0 aliphatic heterocycles. The topological polar surface area (TPSA) is 46.9 Å². The molecule has 1 amide bonds. The van der Waals surface area contributed by atoms with Gasteiger partial charge in [0, 0.05) is 11.6 Å². The van der Waals surface area contributed by atoms with Gasteiger partial charge in [-0.15, -0.1) is 0 Å². The highest BCUT2D eigenvalue weighted by molar-refractivity contribution is 6.03. The molecular formula is C16H18FN3O. The SMILES string of the molecule is O=C(Nc1ccnn1C1CCCCC1)c1ccc(F)cc1. The van der Waals surface area contributed by atoms with E-state index in [0.29, 0.717) is 17.4 Å². The number of nitrogens with zero attached hydrogens (tertiary/aromatic N) is 2. The molecule has 2 aromatic rings. The lowest BCUT2D eigenvalue weighted by molar-refractivity contribution is 0.102. The molecule has 110 valence electrons. The summed E-state index contributed by atoms with van der Waals surface area (Å²) in [6, 6.07) is 7.69. The van der Waals surface area contributed by atoms with E-state index in [1.807, 2.05) is 4.68 Å². The molecule has 1 aromatic carbocycles. The highest BCUT2D eigenvalue weighted by Gasteiger charge is 2.19. The number of hydrogen-bond acceptors (Lipinski definition) is 2. The lowest BCUT2D eigenvalue weighted by Gasteiger charge is -2.23. The molecule has 1 N–H and O–H groups in total. The van der Waals surface area contributed by atoms with Crippen molar-refractivity contribution >= 4 is 11.7 Å². The first-order valence-corrected chi connectivity index (χ1v) is 7.34. The molecule has 0 bridgehead atoms. The van der Waals surface area contributed by atoms with Gasteiger partial charge in [0.2, 0.25) is 0 Å². The van der Waals surface area contributed by atoms with Crippen LogP contribution in [0.4, 0.5) is 10.2 Å². The smallest absolute Gasteiger partial charge is 0.256 e. The van der Waals surface area contributed by atoms with Crippen molar-refractivity contribution in [2.45, 2.75) is 38.1 Å². The van der Waals surface area contributed by atoms with E-state index < -0.39 is 0 Å². The predicted molar refractivity (Wildman–Crippen MR) is 78.7 cm³/mol. The van der Waals surface area contributed by atoms with Crippen molar-refractivity contribution in [3.63, 3.8) is 0 Å². The van der Waals surface area contributed by atoms with Crippen molar-refractivity contribution in [3.8, 4) is 0 Å². The van der Waals surface area contributed by atoms with Gasteiger partial charge in [0.1, 0.15) is 11.6 Å². The van der Waals surface area contributed by atoms with Crippen LogP contribution >= 0.6 is 0 Å². The van der Waals surface area contributed by atoms with Gasteiger partial charge in [-0.05, 0) is 37.1 Å². The van der Waals surface area contributed by atoms with Crippen LogP contribution in [-0.2, 0) is 0 Å². The standard InChI is InChI=1S/C16H18FN3O/c17-13-8-6-12(7-9-13)16(21)19-15-10-11-18-20(15)14-4-2-1-3-5-14/h6-11,14H,1-5H2,(H,19,21). The van der Waals surface area contributed by atoms with Gasteiger partial charge in [-0.1, -0.05) is 19.3 Å². The third-order valence-electron chi connectivity index (χ3n) is 3.94. The molecule has 1 saturated carbocycles. The number of benzene rings is 1. The molecule has 1 heterocycles. The van der Waals surface area contributed by atoms with E-state index in [1.165, 1.54) is 43.5 Å². The second-order valence-electron chi connectivity index (χ2n) is 5.41. The van der Waals surface area contributed by atoms with E-state index in [-0.39, 0.29) is 11.7 Å². The lowest BCUT2D eigenvalue weighted by Crippen LogP contribution is -2.20. The normalized spacial score (nSPS) is 15.9. The number of aromatic nitrogens is 2. The first-order valence-electron chi connectivity index (χ1n) is 7.34. The number of anilines is 1. The maximum atomic E-state index is 12.9. The molecule has 3 rings (SSSR count). The Labute approximate surface area is 123 Å². The van der Waals surface area contributed by atoms with Crippen LogP contribution in [0.1, 0.15) is 48.5 Å². The molecular weight excluding hydrogens is 269 g/mol. The minimum atomic E-state index is -0.348. The number of halogens is 1. The zero-order valence-corrected chi connectivity index (χ0v) is 11.8. The first-order chi connectivity index (χ1) is 10.2. The number of nitrogens with one attached hydrogen (secondary N) is 1. The number of carbonyl (C=O) groups excluding carboxylic acids is 1. The van der Waals surface area contributed by atoms with Crippen LogP contribution in [0.2, 0.25) is 0 Å². The van der Waals surface area contributed by atoms with Crippen LogP contribution in [0, 0.1) is 5.82 Å². The van der Waals surface area contributed by atoms with E-state index in [4.69, 9.17) is 0 Å². The summed E-state index contributed by atoms with van der Waals surface area (Å²) < 4.78 is 14.8. The van der Waals surface area contributed by atoms with Gasteiger partial charge in [0.05, 0.1) is 12.2 Å². The summed E-state index contributed by atoms with van der Waals surface area (Å²) in [7, 11) is 0. The Morgan fingerprint density at radius 2 is 1.86 bits per heavy atom. The Morgan fingerprint density at radius 3 is 2.57 bits per heavy atom. The largest absolute Gasteiger partial charge is 0.307 e. The molecule has 1 aliphatic carbocycles. The highest BCUT2D eigenvalue weighted by atomic mass is 19.1. The monoisotopic (exact) mass is 287 g/mol. The molecule has 0 radical (unpaired) electrons. The van der Waals surface area contributed by atoms with Gasteiger partial charge in [0.25, 0.3) is 5.91 Å². The van der Waals surface area contributed by atoms with Gasteiger partial charge in [-0.3, -0.25) is 4.79 Å². The average Bonchev–Trinajstić information content (AvgIpc) is 2.97. The van der Waals surface area contributed by atoms with Gasteiger partial charge >= 0.3 is 0 Å². The second kappa shape index (κ2) is 6.08. The molecule has 1 fully saturated rings. The summed E-state index contributed by atoms with van der Waals surface area (Å²) in [4.78, 5) is 12.2. The molecule has 5 heteroatoms. The average molecular weight is 287 g/mol. The van der Waals surface area contributed by atoms with Crippen molar-refractivity contribution in [2.75, 3.05) is 5.32 Å². The van der Waals surface area contributed by atoms with Crippen LogP contribution in [0.25, 0.3) is 0 Å². The van der Waals surface area contributed by atoms with Crippen molar-refractivity contribution < 1.29 is 9.18 Å². The lowest BCUT2D eigenvalue weighted by atomic mass is 9.96. The first kappa shape index (κ1) is 13.8. The number of hydrogen-bond donors (Lipinski definition) is 1. The molecule has 0 atom stereocenters. The number of amides is 1. The summed E-state index contributed by atoms with van der Waals surface area (Å²) >= 11 is 0. The van der Waals surface area contributed by atoms with E-state index in [2.05, 4.69) is 10.4 Å². The van der Waals surface area contributed by atoms with Gasteiger partial charge in [-0.2, -0.15) is 5.10 Å². The minimum absolute atomic E-state index is 0.243. The Bertz CT molecular complexity index is 615. The Hall–Kier alpha value is -2.17. The minimum Gasteiger partial charge on any atom is -0.307 e. The fraction of sp³-hybridized carbons (Fsp3) is 0.375. The summed E-state index contributed by atoms with van der Waals surface area (Å²) in [5, 5.41) is 7.21. The third-order valence-corrected chi connectivity index (χ3v) is 3.94. The third kappa shape index (κ3) is 3.12. The highest BCUT2D eigenvalue weighted by Crippen LogP contribution is 2.30. The summed E-state index contributed by atoms with van der Waals surface area (Å²) in [5.74, 6) is 0.114. The van der Waals surface area contributed by atoms with Gasteiger partial charge < -0.3 is 5.32 Å². The zero-order chi connectivity index (χ0) is 14.7. The quantitative estimate of drug-likeness (QED) is 0.933. The van der Waals surface area contributed by atoms with Crippen LogP contribution in [-0.4, -0.2) is 15.7 Å².